The summed E-state index contributed by atoms with van der Waals surface area (Å²) in [5, 5.41) is 0.200. The third kappa shape index (κ3) is 4.00. The highest BCUT2D eigenvalue weighted by Gasteiger charge is 2.35. The first kappa shape index (κ1) is 18.1. The van der Waals surface area contributed by atoms with Gasteiger partial charge in [-0.3, -0.25) is 0 Å². The van der Waals surface area contributed by atoms with Crippen LogP contribution in [0.3, 0.4) is 0 Å². The lowest BCUT2D eigenvalue weighted by molar-refractivity contribution is -0.141. The van der Waals surface area contributed by atoms with Gasteiger partial charge < -0.3 is 4.74 Å². The van der Waals surface area contributed by atoms with Gasteiger partial charge in [0.1, 0.15) is 5.75 Å². The zero-order valence-electron chi connectivity index (χ0n) is 10.9. The predicted octanol–water partition coefficient (Wildman–Crippen LogP) is 6.93. The number of alkyl halides is 5. The molecule has 0 bridgehead atoms. The van der Waals surface area contributed by atoms with Crippen molar-refractivity contribution in [3.05, 3.63) is 51.0 Å². The fraction of sp³-hybridized carbons (Fsp3) is 0.143. The first-order chi connectivity index (χ1) is 10.6. The summed E-state index contributed by atoms with van der Waals surface area (Å²) < 4.78 is 67.3. The fourth-order valence-corrected chi connectivity index (χ4v) is 2.64. The third-order valence-electron chi connectivity index (χ3n) is 2.84. The molecular formula is C14H6Cl3F5O. The van der Waals surface area contributed by atoms with Crippen LogP contribution in [-0.4, -0.2) is 6.61 Å². The second kappa shape index (κ2) is 6.71. The van der Waals surface area contributed by atoms with Crippen molar-refractivity contribution < 1.29 is 26.7 Å². The summed E-state index contributed by atoms with van der Waals surface area (Å²) >= 11 is 17.8. The number of rotatable bonds is 3. The maximum absolute atomic E-state index is 12.9. The molecule has 0 N–H and O–H groups in total. The summed E-state index contributed by atoms with van der Waals surface area (Å²) in [7, 11) is 0. The highest BCUT2D eigenvalue weighted by Crippen LogP contribution is 2.43. The van der Waals surface area contributed by atoms with Gasteiger partial charge in [0.15, 0.2) is 0 Å². The van der Waals surface area contributed by atoms with E-state index in [0.29, 0.717) is 6.07 Å². The van der Waals surface area contributed by atoms with Crippen molar-refractivity contribution in [1.29, 1.82) is 0 Å². The highest BCUT2D eigenvalue weighted by atomic mass is 35.5. The van der Waals surface area contributed by atoms with Gasteiger partial charge in [0.05, 0.1) is 15.6 Å². The quantitative estimate of drug-likeness (QED) is 0.407. The zero-order chi connectivity index (χ0) is 17.4. The number of hydrogen-bond donors (Lipinski definition) is 0. The Morgan fingerprint density at radius 3 is 2.09 bits per heavy atom. The zero-order valence-corrected chi connectivity index (χ0v) is 13.2. The Balaban J connectivity index is 2.65. The molecule has 124 valence electrons. The van der Waals surface area contributed by atoms with E-state index in [2.05, 4.69) is 4.74 Å². The van der Waals surface area contributed by atoms with E-state index in [1.165, 1.54) is 12.1 Å². The van der Waals surface area contributed by atoms with Crippen LogP contribution < -0.4 is 4.74 Å². The lowest BCUT2D eigenvalue weighted by Crippen LogP contribution is -2.11. The summed E-state index contributed by atoms with van der Waals surface area (Å²) in [6.45, 7) is -3.42. The summed E-state index contributed by atoms with van der Waals surface area (Å²) in [5.74, 6) is -1.03. The molecular weight excluding hydrogens is 386 g/mol. The third-order valence-corrected chi connectivity index (χ3v) is 3.95. The smallest absolute Gasteiger partial charge is 0.419 e. The average Bonchev–Trinajstić information content (AvgIpc) is 2.41. The van der Waals surface area contributed by atoms with Crippen LogP contribution in [-0.2, 0) is 6.18 Å². The van der Waals surface area contributed by atoms with Gasteiger partial charge in [-0.2, -0.15) is 22.0 Å². The molecule has 9 heteroatoms. The van der Waals surface area contributed by atoms with Crippen molar-refractivity contribution in [2.75, 3.05) is 0 Å². The first-order valence-electron chi connectivity index (χ1n) is 5.91. The number of hydrogen-bond acceptors (Lipinski definition) is 1. The molecule has 2 aromatic rings. The van der Waals surface area contributed by atoms with E-state index in [1.807, 2.05) is 0 Å². The lowest BCUT2D eigenvalue weighted by Gasteiger charge is -2.16. The molecule has 0 saturated heterocycles. The SMILES string of the molecule is FC(F)Oc1cc(-c2c(Cl)ccc(Cl)c2Cl)ccc1C(F)(F)F. The van der Waals surface area contributed by atoms with E-state index in [1.54, 1.807) is 0 Å². The molecule has 0 unspecified atom stereocenters. The van der Waals surface area contributed by atoms with Gasteiger partial charge in [0, 0.05) is 10.6 Å². The van der Waals surface area contributed by atoms with Gasteiger partial charge >= 0.3 is 12.8 Å². The van der Waals surface area contributed by atoms with E-state index in [4.69, 9.17) is 34.8 Å². The Hall–Kier alpha value is -1.24. The Morgan fingerprint density at radius 1 is 0.913 bits per heavy atom. The van der Waals surface area contributed by atoms with Crippen LogP contribution in [0.25, 0.3) is 11.1 Å². The van der Waals surface area contributed by atoms with Crippen LogP contribution in [0.1, 0.15) is 5.56 Å². The molecule has 0 aromatic heterocycles. The largest absolute Gasteiger partial charge is 0.434 e. The molecule has 0 aliphatic rings. The van der Waals surface area contributed by atoms with Crippen LogP contribution in [0.4, 0.5) is 22.0 Å². The summed E-state index contributed by atoms with van der Waals surface area (Å²) in [5.41, 5.74) is -1.16. The minimum Gasteiger partial charge on any atom is -0.434 e. The molecule has 0 saturated carbocycles. The van der Waals surface area contributed by atoms with Crippen LogP contribution in [0.15, 0.2) is 30.3 Å². The fourth-order valence-electron chi connectivity index (χ4n) is 1.90. The second-order valence-corrected chi connectivity index (χ2v) is 5.50. The minimum atomic E-state index is -4.86. The molecule has 0 fully saturated rings. The van der Waals surface area contributed by atoms with Crippen molar-refractivity contribution in [1.82, 2.24) is 0 Å². The van der Waals surface area contributed by atoms with Crippen molar-refractivity contribution in [3.63, 3.8) is 0 Å². The minimum absolute atomic E-state index is 0.0121. The van der Waals surface area contributed by atoms with Gasteiger partial charge in [0.2, 0.25) is 0 Å². The van der Waals surface area contributed by atoms with Gasteiger partial charge in [-0.15, -0.1) is 0 Å². The van der Waals surface area contributed by atoms with E-state index in [9.17, 15) is 22.0 Å². The Labute approximate surface area is 142 Å². The Kier molecular flexibility index (Phi) is 5.28. The van der Waals surface area contributed by atoms with E-state index in [0.717, 1.165) is 12.1 Å². The lowest BCUT2D eigenvalue weighted by atomic mass is 10.0. The normalized spacial score (nSPS) is 11.9. The Morgan fingerprint density at radius 2 is 1.52 bits per heavy atom. The predicted molar refractivity (Wildman–Crippen MR) is 78.5 cm³/mol. The van der Waals surface area contributed by atoms with Crippen LogP contribution in [0.5, 0.6) is 5.75 Å². The van der Waals surface area contributed by atoms with Gasteiger partial charge in [-0.1, -0.05) is 40.9 Å². The molecule has 0 aliphatic heterocycles. The van der Waals surface area contributed by atoms with Crippen LogP contribution in [0, 0.1) is 0 Å². The molecule has 0 heterocycles. The molecule has 0 spiro atoms. The number of benzene rings is 2. The van der Waals surface area contributed by atoms with Crippen LogP contribution >= 0.6 is 34.8 Å². The van der Waals surface area contributed by atoms with Gasteiger partial charge in [-0.05, 0) is 29.8 Å². The maximum Gasteiger partial charge on any atom is 0.419 e. The molecule has 23 heavy (non-hydrogen) atoms. The monoisotopic (exact) mass is 390 g/mol. The van der Waals surface area contributed by atoms with E-state index >= 15 is 0 Å². The molecule has 0 atom stereocenters. The van der Waals surface area contributed by atoms with Crippen molar-refractivity contribution in [3.8, 4) is 16.9 Å². The average molecular weight is 392 g/mol. The summed E-state index contributed by atoms with van der Waals surface area (Å²) in [6, 6.07) is 5.23. The van der Waals surface area contributed by atoms with Crippen molar-refractivity contribution in [2.45, 2.75) is 12.8 Å². The second-order valence-electron chi connectivity index (χ2n) is 4.31. The van der Waals surface area contributed by atoms with E-state index < -0.39 is 24.1 Å². The topological polar surface area (TPSA) is 9.23 Å². The molecule has 0 aliphatic carbocycles. The first-order valence-corrected chi connectivity index (χ1v) is 7.04. The maximum atomic E-state index is 12.9. The highest BCUT2D eigenvalue weighted by molar-refractivity contribution is 6.46. The van der Waals surface area contributed by atoms with Crippen molar-refractivity contribution >= 4 is 34.8 Å². The number of ether oxygens (including phenoxy) is 1. The van der Waals surface area contributed by atoms with Crippen molar-refractivity contribution in [2.24, 2.45) is 0 Å². The number of halogens is 8. The van der Waals surface area contributed by atoms with E-state index in [-0.39, 0.29) is 26.2 Å². The molecule has 2 rings (SSSR count). The van der Waals surface area contributed by atoms with Crippen LogP contribution in [0.2, 0.25) is 15.1 Å². The molecule has 0 amide bonds. The molecule has 2 aromatic carbocycles. The summed E-state index contributed by atoms with van der Waals surface area (Å²) in [6.07, 6.45) is -4.86. The van der Waals surface area contributed by atoms with Gasteiger partial charge in [0.25, 0.3) is 0 Å². The standard InChI is InChI=1S/C14H6Cl3F5O/c15-8-3-4-9(16)12(17)11(8)6-1-2-7(14(20,21)22)10(5-6)23-13(18)19/h1-5,13H. The molecule has 1 nitrogen and oxygen atoms in total. The Bertz CT molecular complexity index is 731. The summed E-state index contributed by atoms with van der Waals surface area (Å²) in [4.78, 5) is 0. The van der Waals surface area contributed by atoms with Gasteiger partial charge in [-0.25, -0.2) is 0 Å². The molecule has 0 radical (unpaired) electrons.